The summed E-state index contributed by atoms with van der Waals surface area (Å²) in [4.78, 5) is 23.6. The summed E-state index contributed by atoms with van der Waals surface area (Å²) in [5, 5.41) is 4.00. The van der Waals surface area contributed by atoms with Gasteiger partial charge in [-0.2, -0.15) is 0 Å². The lowest BCUT2D eigenvalue weighted by Gasteiger charge is -2.21. The van der Waals surface area contributed by atoms with Crippen molar-refractivity contribution in [1.82, 2.24) is 9.88 Å². The number of carbonyl (C=O) groups excluding carboxylic acids is 1. The van der Waals surface area contributed by atoms with E-state index in [4.69, 9.17) is 4.84 Å². The zero-order chi connectivity index (χ0) is 12.6. The van der Waals surface area contributed by atoms with E-state index in [1.807, 2.05) is 13.0 Å². The van der Waals surface area contributed by atoms with Crippen LogP contribution < -0.4 is 0 Å². The van der Waals surface area contributed by atoms with Gasteiger partial charge in [-0.05, 0) is 19.1 Å². The number of oxime groups is 1. The van der Waals surface area contributed by atoms with E-state index in [-0.39, 0.29) is 11.5 Å². The number of carbonyl (C=O) groups is 1. The number of rotatable bonds is 1. The number of amides is 1. The largest absolute Gasteiger partial charge is 0.387 e. The molecule has 0 N–H and O–H groups in total. The molecule has 3 rings (SSSR count). The third-order valence-corrected chi connectivity index (χ3v) is 3.46. The molecule has 2 aliphatic heterocycles. The Morgan fingerprint density at radius 2 is 2.39 bits per heavy atom. The van der Waals surface area contributed by atoms with Crippen molar-refractivity contribution in [3.63, 3.8) is 0 Å². The molecule has 1 unspecified atom stereocenters. The number of pyridine rings is 1. The number of aromatic nitrogens is 1. The van der Waals surface area contributed by atoms with Crippen molar-refractivity contribution in [1.29, 1.82) is 0 Å². The summed E-state index contributed by atoms with van der Waals surface area (Å²) in [7, 11) is 0. The van der Waals surface area contributed by atoms with Crippen LogP contribution >= 0.6 is 0 Å². The van der Waals surface area contributed by atoms with Gasteiger partial charge >= 0.3 is 0 Å². The second-order valence-electron chi connectivity index (χ2n) is 4.97. The highest BCUT2D eigenvalue weighted by molar-refractivity contribution is 5.92. The summed E-state index contributed by atoms with van der Waals surface area (Å²) in [6.07, 6.45) is 3.30. The highest BCUT2D eigenvalue weighted by Crippen LogP contribution is 2.34. The first-order valence-corrected chi connectivity index (χ1v) is 6.11. The van der Waals surface area contributed by atoms with Gasteiger partial charge in [0.15, 0.2) is 5.60 Å². The van der Waals surface area contributed by atoms with Crippen LogP contribution in [0.25, 0.3) is 0 Å². The van der Waals surface area contributed by atoms with Gasteiger partial charge in [0.05, 0.1) is 12.3 Å². The zero-order valence-corrected chi connectivity index (χ0v) is 10.3. The SMILES string of the molecule is CC1=NOC2(CCN(C(=O)c3ccccn3)C2)C1. The maximum Gasteiger partial charge on any atom is 0.272 e. The first-order chi connectivity index (χ1) is 8.69. The van der Waals surface area contributed by atoms with Crippen LogP contribution in [0.2, 0.25) is 0 Å². The lowest BCUT2D eigenvalue weighted by molar-refractivity contribution is -0.00921. The summed E-state index contributed by atoms with van der Waals surface area (Å²) in [6, 6.07) is 5.37. The standard InChI is InChI=1S/C13H15N3O2/c1-10-8-13(18-15-10)5-7-16(9-13)12(17)11-4-2-3-6-14-11/h2-4,6H,5,7-9H2,1H3. The van der Waals surface area contributed by atoms with Crippen molar-refractivity contribution >= 4 is 11.6 Å². The maximum absolute atomic E-state index is 12.2. The molecule has 1 atom stereocenters. The van der Waals surface area contributed by atoms with Crippen molar-refractivity contribution in [2.24, 2.45) is 5.16 Å². The number of likely N-dealkylation sites (tertiary alicyclic amines) is 1. The number of hydrogen-bond acceptors (Lipinski definition) is 4. The third kappa shape index (κ3) is 1.85. The predicted molar refractivity (Wildman–Crippen MR) is 66.3 cm³/mol. The van der Waals surface area contributed by atoms with Crippen LogP contribution in [-0.4, -0.2) is 40.2 Å². The van der Waals surface area contributed by atoms with Gasteiger partial charge in [0.1, 0.15) is 5.69 Å². The van der Waals surface area contributed by atoms with Crippen LogP contribution in [0.3, 0.4) is 0 Å². The predicted octanol–water partition coefficient (Wildman–Crippen LogP) is 1.46. The molecule has 5 nitrogen and oxygen atoms in total. The van der Waals surface area contributed by atoms with Gasteiger partial charge in [0, 0.05) is 25.6 Å². The van der Waals surface area contributed by atoms with Crippen LogP contribution in [0.15, 0.2) is 29.6 Å². The lowest BCUT2D eigenvalue weighted by atomic mass is 9.97. The summed E-state index contributed by atoms with van der Waals surface area (Å²) in [6.45, 7) is 3.26. The molecule has 1 spiro atoms. The van der Waals surface area contributed by atoms with E-state index in [0.29, 0.717) is 18.8 Å². The van der Waals surface area contributed by atoms with Crippen LogP contribution in [0.1, 0.15) is 30.3 Å². The molecule has 0 saturated carbocycles. The molecule has 3 heterocycles. The van der Waals surface area contributed by atoms with Crippen molar-refractivity contribution < 1.29 is 9.63 Å². The second kappa shape index (κ2) is 4.08. The molecule has 18 heavy (non-hydrogen) atoms. The summed E-state index contributed by atoms with van der Waals surface area (Å²) < 4.78 is 0. The minimum absolute atomic E-state index is 0.0272. The molecule has 0 aliphatic carbocycles. The minimum atomic E-state index is -0.283. The van der Waals surface area contributed by atoms with E-state index in [1.54, 1.807) is 23.2 Å². The summed E-state index contributed by atoms with van der Waals surface area (Å²) in [5.41, 5.74) is 1.21. The molecule has 5 heteroatoms. The van der Waals surface area contributed by atoms with Gasteiger partial charge in [-0.15, -0.1) is 0 Å². The van der Waals surface area contributed by atoms with E-state index in [2.05, 4.69) is 10.1 Å². The van der Waals surface area contributed by atoms with Crippen molar-refractivity contribution in [2.45, 2.75) is 25.4 Å². The van der Waals surface area contributed by atoms with E-state index in [9.17, 15) is 4.79 Å². The van der Waals surface area contributed by atoms with Crippen LogP contribution in [0, 0.1) is 0 Å². The molecular weight excluding hydrogens is 230 g/mol. The quantitative estimate of drug-likeness (QED) is 0.752. The highest BCUT2D eigenvalue weighted by Gasteiger charge is 2.45. The fraction of sp³-hybridized carbons (Fsp3) is 0.462. The molecule has 1 saturated heterocycles. The van der Waals surface area contributed by atoms with Gasteiger partial charge in [-0.3, -0.25) is 9.78 Å². The average molecular weight is 245 g/mol. The van der Waals surface area contributed by atoms with Crippen LogP contribution in [-0.2, 0) is 4.84 Å². The zero-order valence-electron chi connectivity index (χ0n) is 10.3. The van der Waals surface area contributed by atoms with Crippen molar-refractivity contribution in [3.8, 4) is 0 Å². The molecule has 2 aliphatic rings. The van der Waals surface area contributed by atoms with Gasteiger partial charge < -0.3 is 9.74 Å². The van der Waals surface area contributed by atoms with Gasteiger partial charge in [-0.1, -0.05) is 11.2 Å². The molecular formula is C13H15N3O2. The fourth-order valence-electron chi connectivity index (χ4n) is 2.59. The molecule has 0 aromatic carbocycles. The number of nitrogens with zero attached hydrogens (tertiary/aromatic N) is 3. The Bertz CT molecular complexity index is 500. The third-order valence-electron chi connectivity index (χ3n) is 3.46. The van der Waals surface area contributed by atoms with E-state index >= 15 is 0 Å². The normalized spacial score (nSPS) is 26.3. The lowest BCUT2D eigenvalue weighted by Crippen LogP contribution is -2.36. The Morgan fingerprint density at radius 1 is 1.50 bits per heavy atom. The Balaban J connectivity index is 1.72. The van der Waals surface area contributed by atoms with Crippen molar-refractivity contribution in [2.75, 3.05) is 13.1 Å². The topological polar surface area (TPSA) is 54.8 Å². The Labute approximate surface area is 105 Å². The molecule has 1 aromatic rings. The Hall–Kier alpha value is -1.91. The van der Waals surface area contributed by atoms with Gasteiger partial charge in [0.25, 0.3) is 5.91 Å². The molecule has 94 valence electrons. The molecule has 0 bridgehead atoms. The highest BCUT2D eigenvalue weighted by atomic mass is 16.7. The average Bonchev–Trinajstić information content (AvgIpc) is 2.97. The van der Waals surface area contributed by atoms with Gasteiger partial charge in [-0.25, -0.2) is 0 Å². The van der Waals surface area contributed by atoms with Gasteiger partial charge in [0.2, 0.25) is 0 Å². The minimum Gasteiger partial charge on any atom is -0.387 e. The molecule has 0 radical (unpaired) electrons. The summed E-state index contributed by atoms with van der Waals surface area (Å²) >= 11 is 0. The second-order valence-corrected chi connectivity index (χ2v) is 4.97. The monoisotopic (exact) mass is 245 g/mol. The van der Waals surface area contributed by atoms with E-state index in [0.717, 1.165) is 18.6 Å². The van der Waals surface area contributed by atoms with Crippen molar-refractivity contribution in [3.05, 3.63) is 30.1 Å². The van der Waals surface area contributed by atoms with E-state index in [1.165, 1.54) is 0 Å². The molecule has 1 amide bonds. The first kappa shape index (κ1) is 11.2. The first-order valence-electron chi connectivity index (χ1n) is 6.11. The Morgan fingerprint density at radius 3 is 3.06 bits per heavy atom. The van der Waals surface area contributed by atoms with E-state index < -0.39 is 0 Å². The summed E-state index contributed by atoms with van der Waals surface area (Å²) in [5.74, 6) is -0.0272. The van der Waals surface area contributed by atoms with Crippen LogP contribution in [0.5, 0.6) is 0 Å². The fourth-order valence-corrected chi connectivity index (χ4v) is 2.59. The number of hydrogen-bond donors (Lipinski definition) is 0. The molecule has 1 aromatic heterocycles. The smallest absolute Gasteiger partial charge is 0.272 e. The Kier molecular flexibility index (Phi) is 2.54. The van der Waals surface area contributed by atoms with Crippen LogP contribution in [0.4, 0.5) is 0 Å². The molecule has 1 fully saturated rings. The maximum atomic E-state index is 12.2.